The molecular formula is C23H22N2O4. The van der Waals surface area contributed by atoms with Gasteiger partial charge in [0.25, 0.3) is 0 Å². The Morgan fingerprint density at radius 3 is 2.38 bits per heavy atom. The van der Waals surface area contributed by atoms with Gasteiger partial charge in [-0.05, 0) is 53.4 Å². The number of hydrogen-bond donors (Lipinski definition) is 3. The van der Waals surface area contributed by atoms with Crippen LogP contribution < -0.4 is 10.6 Å². The van der Waals surface area contributed by atoms with Crippen LogP contribution in [0.15, 0.2) is 72.8 Å². The third-order valence-corrected chi connectivity index (χ3v) is 4.38. The van der Waals surface area contributed by atoms with Gasteiger partial charge in [-0.1, -0.05) is 42.5 Å². The van der Waals surface area contributed by atoms with Crippen molar-refractivity contribution in [1.82, 2.24) is 0 Å². The fraction of sp³-hybridized carbons (Fsp3) is 0.130. The zero-order chi connectivity index (χ0) is 20.6. The molecule has 3 aromatic rings. The number of aliphatic hydroxyl groups is 1. The predicted molar refractivity (Wildman–Crippen MR) is 113 cm³/mol. The van der Waals surface area contributed by atoms with Crippen LogP contribution in [-0.2, 0) is 11.2 Å². The van der Waals surface area contributed by atoms with Crippen LogP contribution in [0.25, 0.3) is 11.1 Å². The Bertz CT molecular complexity index is 1020. The van der Waals surface area contributed by atoms with Crippen LogP contribution in [-0.4, -0.2) is 30.8 Å². The topological polar surface area (TPSA) is 87.7 Å². The van der Waals surface area contributed by atoms with E-state index < -0.39 is 5.97 Å². The van der Waals surface area contributed by atoms with Crippen molar-refractivity contribution in [2.24, 2.45) is 0 Å². The second-order valence-electron chi connectivity index (χ2n) is 6.36. The molecule has 6 nitrogen and oxygen atoms in total. The first kappa shape index (κ1) is 20.1. The molecule has 0 saturated carbocycles. The summed E-state index contributed by atoms with van der Waals surface area (Å²) in [6.07, 6.45) is 0.461. The first-order valence-electron chi connectivity index (χ1n) is 9.16. The number of para-hydroxylation sites is 1. The quantitative estimate of drug-likeness (QED) is 0.547. The number of amides is 2. The summed E-state index contributed by atoms with van der Waals surface area (Å²) in [5.74, 6) is -0.401. The van der Waals surface area contributed by atoms with Crippen molar-refractivity contribution in [3.05, 3.63) is 83.9 Å². The van der Waals surface area contributed by atoms with Gasteiger partial charge in [-0.3, -0.25) is 0 Å². The monoisotopic (exact) mass is 390 g/mol. The molecule has 3 N–H and O–H groups in total. The molecule has 148 valence electrons. The second-order valence-corrected chi connectivity index (χ2v) is 6.36. The highest BCUT2D eigenvalue weighted by atomic mass is 16.5. The minimum Gasteiger partial charge on any atom is -0.465 e. The lowest BCUT2D eigenvalue weighted by atomic mass is 10.0. The number of carbonyl (C=O) groups is 2. The normalized spacial score (nSPS) is 10.3. The molecule has 3 aromatic carbocycles. The largest absolute Gasteiger partial charge is 0.465 e. The van der Waals surface area contributed by atoms with Crippen LogP contribution in [0.3, 0.4) is 0 Å². The van der Waals surface area contributed by atoms with Crippen molar-refractivity contribution in [2.75, 3.05) is 24.4 Å². The van der Waals surface area contributed by atoms with E-state index in [1.54, 1.807) is 30.3 Å². The summed E-state index contributed by atoms with van der Waals surface area (Å²) >= 11 is 0. The molecule has 3 rings (SSSR count). The van der Waals surface area contributed by atoms with Crippen molar-refractivity contribution in [3.8, 4) is 11.1 Å². The van der Waals surface area contributed by atoms with E-state index in [9.17, 15) is 9.59 Å². The van der Waals surface area contributed by atoms with Gasteiger partial charge in [0.1, 0.15) is 0 Å². The van der Waals surface area contributed by atoms with Crippen LogP contribution >= 0.6 is 0 Å². The number of urea groups is 1. The Labute approximate surface area is 169 Å². The number of esters is 1. The van der Waals surface area contributed by atoms with Gasteiger partial charge in [0.05, 0.1) is 12.7 Å². The van der Waals surface area contributed by atoms with Gasteiger partial charge >= 0.3 is 12.0 Å². The minimum atomic E-state index is -0.401. The Hall–Kier alpha value is -3.64. The number of aliphatic hydroxyl groups excluding tert-OH is 1. The van der Waals surface area contributed by atoms with Crippen LogP contribution in [0, 0.1) is 0 Å². The molecule has 0 saturated heterocycles. The average Bonchev–Trinajstić information content (AvgIpc) is 2.75. The molecule has 0 spiro atoms. The first-order valence-corrected chi connectivity index (χ1v) is 9.16. The van der Waals surface area contributed by atoms with Crippen LogP contribution in [0.2, 0.25) is 0 Å². The van der Waals surface area contributed by atoms with E-state index in [0.717, 1.165) is 16.7 Å². The zero-order valence-electron chi connectivity index (χ0n) is 16.0. The molecule has 6 heteroatoms. The Morgan fingerprint density at radius 2 is 1.62 bits per heavy atom. The summed E-state index contributed by atoms with van der Waals surface area (Å²) in [6.45, 7) is 0.00694. The number of hydrogen-bond acceptors (Lipinski definition) is 4. The van der Waals surface area contributed by atoms with Crippen LogP contribution in [0.1, 0.15) is 15.9 Å². The molecule has 29 heavy (non-hydrogen) atoms. The van der Waals surface area contributed by atoms with Crippen LogP contribution in [0.4, 0.5) is 16.2 Å². The maximum atomic E-state index is 12.4. The number of rotatable bonds is 6. The summed E-state index contributed by atoms with van der Waals surface area (Å²) < 4.78 is 4.77. The number of ether oxygens (including phenoxy) is 1. The molecule has 0 fully saturated rings. The third kappa shape index (κ3) is 5.21. The van der Waals surface area contributed by atoms with E-state index in [1.807, 2.05) is 42.5 Å². The maximum absolute atomic E-state index is 12.4. The van der Waals surface area contributed by atoms with E-state index in [0.29, 0.717) is 23.4 Å². The molecule has 0 aromatic heterocycles. The summed E-state index contributed by atoms with van der Waals surface area (Å²) in [5, 5.41) is 14.8. The van der Waals surface area contributed by atoms with Gasteiger partial charge < -0.3 is 20.5 Å². The van der Waals surface area contributed by atoms with Gasteiger partial charge in [0.15, 0.2) is 0 Å². The summed E-state index contributed by atoms with van der Waals surface area (Å²) in [5.41, 5.74) is 4.28. The number of benzene rings is 3. The van der Waals surface area contributed by atoms with Crippen molar-refractivity contribution < 1.29 is 19.4 Å². The van der Waals surface area contributed by atoms with Gasteiger partial charge in [-0.15, -0.1) is 0 Å². The Kier molecular flexibility index (Phi) is 6.60. The van der Waals surface area contributed by atoms with Gasteiger partial charge in [-0.2, -0.15) is 0 Å². The molecule has 0 unspecified atom stereocenters. The SMILES string of the molecule is COC(=O)c1cccc(-c2cccc(NC(=O)Nc3ccccc3CCO)c2)c1. The molecule has 0 aliphatic rings. The van der Waals surface area contributed by atoms with E-state index in [-0.39, 0.29) is 12.6 Å². The number of carbonyl (C=O) groups excluding carboxylic acids is 2. The van der Waals surface area contributed by atoms with Gasteiger partial charge in [-0.25, -0.2) is 9.59 Å². The molecule has 0 aliphatic heterocycles. The maximum Gasteiger partial charge on any atom is 0.337 e. The van der Waals surface area contributed by atoms with Gasteiger partial charge in [0.2, 0.25) is 0 Å². The minimum absolute atomic E-state index is 0.00694. The van der Waals surface area contributed by atoms with E-state index >= 15 is 0 Å². The van der Waals surface area contributed by atoms with Crippen molar-refractivity contribution in [1.29, 1.82) is 0 Å². The molecule has 0 radical (unpaired) electrons. The highest BCUT2D eigenvalue weighted by molar-refractivity contribution is 6.00. The molecule has 2 amide bonds. The van der Waals surface area contributed by atoms with Gasteiger partial charge in [0, 0.05) is 18.0 Å². The third-order valence-electron chi connectivity index (χ3n) is 4.38. The van der Waals surface area contributed by atoms with E-state index in [4.69, 9.17) is 9.84 Å². The second kappa shape index (κ2) is 9.52. The molecule has 0 heterocycles. The Morgan fingerprint density at radius 1 is 0.897 bits per heavy atom. The standard InChI is InChI=1S/C23H22N2O4/c1-29-22(27)19-9-4-7-17(14-19)18-8-5-10-20(15-18)24-23(28)25-21-11-3-2-6-16(21)12-13-26/h2-11,14-15,26H,12-13H2,1H3,(H2,24,25,28). The molecular weight excluding hydrogens is 368 g/mol. The fourth-order valence-electron chi connectivity index (χ4n) is 2.99. The predicted octanol–water partition coefficient (Wildman–Crippen LogP) is 4.32. The number of nitrogens with one attached hydrogen (secondary N) is 2. The first-order chi connectivity index (χ1) is 14.1. The summed E-state index contributed by atoms with van der Waals surface area (Å²) in [6, 6.07) is 21.4. The molecule has 0 aliphatic carbocycles. The lowest BCUT2D eigenvalue weighted by Crippen LogP contribution is -2.20. The van der Waals surface area contributed by atoms with Crippen molar-refractivity contribution in [3.63, 3.8) is 0 Å². The van der Waals surface area contributed by atoms with Crippen molar-refractivity contribution in [2.45, 2.75) is 6.42 Å². The van der Waals surface area contributed by atoms with Crippen LogP contribution in [0.5, 0.6) is 0 Å². The molecule has 0 bridgehead atoms. The summed E-state index contributed by atoms with van der Waals surface area (Å²) in [4.78, 5) is 24.2. The molecule has 0 atom stereocenters. The Balaban J connectivity index is 1.75. The lowest BCUT2D eigenvalue weighted by Gasteiger charge is -2.12. The fourth-order valence-corrected chi connectivity index (χ4v) is 2.99. The number of anilines is 2. The van der Waals surface area contributed by atoms with E-state index in [2.05, 4.69) is 10.6 Å². The smallest absolute Gasteiger partial charge is 0.337 e. The number of methoxy groups -OCH3 is 1. The van der Waals surface area contributed by atoms with Crippen molar-refractivity contribution >= 4 is 23.4 Å². The zero-order valence-corrected chi connectivity index (χ0v) is 16.0. The highest BCUT2D eigenvalue weighted by Gasteiger charge is 2.09. The highest BCUT2D eigenvalue weighted by Crippen LogP contribution is 2.24. The average molecular weight is 390 g/mol. The summed E-state index contributed by atoms with van der Waals surface area (Å²) in [7, 11) is 1.34. The van der Waals surface area contributed by atoms with E-state index in [1.165, 1.54) is 7.11 Å². The lowest BCUT2D eigenvalue weighted by molar-refractivity contribution is 0.0600.